The summed E-state index contributed by atoms with van der Waals surface area (Å²) in [5.74, 6) is 0.759. The molecule has 0 heterocycles. The van der Waals surface area contributed by atoms with Crippen LogP contribution < -0.4 is 11.1 Å². The first-order valence-corrected chi connectivity index (χ1v) is 6.58. The lowest BCUT2D eigenvalue weighted by Crippen LogP contribution is -2.48. The van der Waals surface area contributed by atoms with Crippen LogP contribution in [0.2, 0.25) is 0 Å². The summed E-state index contributed by atoms with van der Waals surface area (Å²) in [7, 11) is 0. The van der Waals surface area contributed by atoms with Gasteiger partial charge in [-0.25, -0.2) is 0 Å². The first-order valence-electron chi connectivity index (χ1n) is 6.58. The third kappa shape index (κ3) is 2.76. The number of nitrogens with one attached hydrogen (secondary N) is 1. The highest BCUT2D eigenvalue weighted by atomic mass is 16.2. The third-order valence-corrected chi connectivity index (χ3v) is 4.25. The Hall–Kier alpha value is -0.570. The first kappa shape index (κ1) is 13.5. The summed E-state index contributed by atoms with van der Waals surface area (Å²) < 4.78 is 0. The predicted molar refractivity (Wildman–Crippen MR) is 67.0 cm³/mol. The highest BCUT2D eigenvalue weighted by molar-refractivity contribution is 5.83. The Morgan fingerprint density at radius 1 is 1.50 bits per heavy atom. The molecule has 2 unspecified atom stereocenters. The lowest BCUT2D eigenvalue weighted by Gasteiger charge is -2.28. The third-order valence-electron chi connectivity index (χ3n) is 4.25. The predicted octanol–water partition coefficient (Wildman–Crippen LogP) is 2.06. The summed E-state index contributed by atoms with van der Waals surface area (Å²) in [6, 6.07) is 0.0363. The van der Waals surface area contributed by atoms with Crippen LogP contribution in [0.25, 0.3) is 0 Å². The van der Waals surface area contributed by atoms with Crippen LogP contribution in [-0.4, -0.2) is 18.5 Å². The molecule has 1 rings (SSSR count). The molecule has 0 radical (unpaired) electrons. The Kier molecular flexibility index (Phi) is 4.78. The van der Waals surface area contributed by atoms with Crippen molar-refractivity contribution in [2.75, 3.05) is 6.54 Å². The molecule has 1 saturated carbocycles. The van der Waals surface area contributed by atoms with Gasteiger partial charge in [-0.2, -0.15) is 0 Å². The van der Waals surface area contributed by atoms with Gasteiger partial charge in [-0.1, -0.05) is 33.1 Å². The molecule has 0 spiro atoms. The van der Waals surface area contributed by atoms with E-state index in [1.165, 1.54) is 0 Å². The second kappa shape index (κ2) is 5.67. The van der Waals surface area contributed by atoms with Crippen LogP contribution in [-0.2, 0) is 4.79 Å². The van der Waals surface area contributed by atoms with Gasteiger partial charge in [0.05, 0.1) is 5.41 Å². The summed E-state index contributed by atoms with van der Waals surface area (Å²) >= 11 is 0. The summed E-state index contributed by atoms with van der Waals surface area (Å²) in [5.41, 5.74) is 5.70. The van der Waals surface area contributed by atoms with Crippen molar-refractivity contribution in [1.82, 2.24) is 5.32 Å². The van der Waals surface area contributed by atoms with E-state index in [4.69, 9.17) is 5.73 Å². The normalized spacial score (nSPS) is 29.7. The highest BCUT2D eigenvalue weighted by Crippen LogP contribution is 2.36. The largest absolute Gasteiger partial charge is 0.355 e. The van der Waals surface area contributed by atoms with Gasteiger partial charge >= 0.3 is 0 Å². The second-order valence-electron chi connectivity index (χ2n) is 5.31. The molecule has 0 saturated heterocycles. The zero-order valence-electron chi connectivity index (χ0n) is 10.9. The van der Waals surface area contributed by atoms with E-state index in [1.54, 1.807) is 0 Å². The number of hydrogen-bond donors (Lipinski definition) is 2. The molecule has 94 valence electrons. The van der Waals surface area contributed by atoms with Gasteiger partial charge in [-0.3, -0.25) is 4.79 Å². The van der Waals surface area contributed by atoms with E-state index in [0.29, 0.717) is 5.92 Å². The Morgan fingerprint density at radius 2 is 2.12 bits per heavy atom. The molecule has 0 aliphatic heterocycles. The zero-order chi connectivity index (χ0) is 12.2. The molecule has 0 aromatic rings. The number of rotatable bonds is 5. The molecule has 0 aromatic carbocycles. The van der Waals surface area contributed by atoms with E-state index in [-0.39, 0.29) is 17.4 Å². The lowest BCUT2D eigenvalue weighted by atomic mass is 9.84. The molecule has 1 fully saturated rings. The smallest absolute Gasteiger partial charge is 0.227 e. The van der Waals surface area contributed by atoms with Crippen molar-refractivity contribution < 1.29 is 4.79 Å². The average Bonchev–Trinajstić information content (AvgIpc) is 2.62. The Labute approximate surface area is 99.2 Å². The topological polar surface area (TPSA) is 55.1 Å². The van der Waals surface area contributed by atoms with Crippen LogP contribution in [0, 0.1) is 11.3 Å². The van der Waals surface area contributed by atoms with Gasteiger partial charge in [0.15, 0.2) is 0 Å². The second-order valence-corrected chi connectivity index (χ2v) is 5.31. The molecule has 3 nitrogen and oxygen atoms in total. The van der Waals surface area contributed by atoms with Crippen LogP contribution >= 0.6 is 0 Å². The molecule has 3 heteroatoms. The summed E-state index contributed by atoms with van der Waals surface area (Å²) in [6.07, 6.45) is 5.24. The molecular weight excluding hydrogens is 200 g/mol. The van der Waals surface area contributed by atoms with E-state index >= 15 is 0 Å². The SMILES string of the molecule is CCC(CC)CNC(=O)C1(C)CCCC1N. The quantitative estimate of drug-likeness (QED) is 0.754. The minimum absolute atomic E-state index is 0.0363. The fraction of sp³-hybridized carbons (Fsp3) is 0.923. The molecular formula is C13H26N2O. The van der Waals surface area contributed by atoms with Gasteiger partial charge in [-0.15, -0.1) is 0 Å². The van der Waals surface area contributed by atoms with Crippen molar-refractivity contribution in [2.45, 2.75) is 58.9 Å². The molecule has 3 N–H and O–H groups in total. The van der Waals surface area contributed by atoms with Gasteiger partial charge in [0.2, 0.25) is 5.91 Å². The summed E-state index contributed by atoms with van der Waals surface area (Å²) in [6.45, 7) is 7.15. The molecule has 0 aromatic heterocycles. The lowest BCUT2D eigenvalue weighted by molar-refractivity contribution is -0.130. The minimum Gasteiger partial charge on any atom is -0.355 e. The van der Waals surface area contributed by atoms with Crippen LogP contribution in [0.3, 0.4) is 0 Å². The number of carbonyl (C=O) groups excluding carboxylic acids is 1. The van der Waals surface area contributed by atoms with Gasteiger partial charge in [0.1, 0.15) is 0 Å². The Balaban J connectivity index is 2.45. The molecule has 1 aliphatic carbocycles. The van der Waals surface area contributed by atoms with Gasteiger partial charge in [0, 0.05) is 12.6 Å². The molecule has 0 bridgehead atoms. The van der Waals surface area contributed by atoms with E-state index in [1.807, 2.05) is 6.92 Å². The van der Waals surface area contributed by atoms with Crippen molar-refractivity contribution in [1.29, 1.82) is 0 Å². The van der Waals surface area contributed by atoms with E-state index in [2.05, 4.69) is 19.2 Å². The number of amides is 1. The fourth-order valence-electron chi connectivity index (χ4n) is 2.49. The van der Waals surface area contributed by atoms with Gasteiger partial charge < -0.3 is 11.1 Å². The highest BCUT2D eigenvalue weighted by Gasteiger charge is 2.42. The van der Waals surface area contributed by atoms with Crippen LogP contribution in [0.5, 0.6) is 0 Å². The van der Waals surface area contributed by atoms with Crippen molar-refractivity contribution in [3.05, 3.63) is 0 Å². The molecule has 1 amide bonds. The number of nitrogens with two attached hydrogens (primary N) is 1. The van der Waals surface area contributed by atoms with Crippen molar-refractivity contribution in [3.8, 4) is 0 Å². The van der Waals surface area contributed by atoms with Gasteiger partial charge in [0.25, 0.3) is 0 Å². The molecule has 1 aliphatic rings. The van der Waals surface area contributed by atoms with Crippen LogP contribution in [0.1, 0.15) is 52.9 Å². The Morgan fingerprint density at radius 3 is 2.56 bits per heavy atom. The van der Waals surface area contributed by atoms with Crippen LogP contribution in [0.15, 0.2) is 0 Å². The maximum absolute atomic E-state index is 12.1. The first-order chi connectivity index (χ1) is 7.54. The van der Waals surface area contributed by atoms with Gasteiger partial charge in [-0.05, 0) is 25.7 Å². The monoisotopic (exact) mass is 226 g/mol. The number of carbonyl (C=O) groups is 1. The van der Waals surface area contributed by atoms with Crippen molar-refractivity contribution in [2.24, 2.45) is 17.1 Å². The Bertz CT molecular complexity index is 238. The molecule has 16 heavy (non-hydrogen) atoms. The average molecular weight is 226 g/mol. The van der Waals surface area contributed by atoms with E-state index in [0.717, 1.165) is 38.6 Å². The molecule has 2 atom stereocenters. The number of hydrogen-bond acceptors (Lipinski definition) is 2. The fourth-order valence-corrected chi connectivity index (χ4v) is 2.49. The van der Waals surface area contributed by atoms with Crippen LogP contribution in [0.4, 0.5) is 0 Å². The van der Waals surface area contributed by atoms with E-state index < -0.39 is 0 Å². The standard InChI is InChI=1S/C13H26N2O/c1-4-10(5-2)9-15-12(16)13(3)8-6-7-11(13)14/h10-11H,4-9,14H2,1-3H3,(H,15,16). The van der Waals surface area contributed by atoms with Crippen molar-refractivity contribution in [3.63, 3.8) is 0 Å². The maximum atomic E-state index is 12.1. The summed E-state index contributed by atoms with van der Waals surface area (Å²) in [4.78, 5) is 12.1. The zero-order valence-corrected chi connectivity index (χ0v) is 10.9. The maximum Gasteiger partial charge on any atom is 0.227 e. The van der Waals surface area contributed by atoms with Crippen molar-refractivity contribution >= 4 is 5.91 Å². The van der Waals surface area contributed by atoms with E-state index in [9.17, 15) is 4.79 Å². The minimum atomic E-state index is -0.327. The summed E-state index contributed by atoms with van der Waals surface area (Å²) in [5, 5.41) is 3.08.